The van der Waals surface area contributed by atoms with E-state index in [1.807, 2.05) is 0 Å². The monoisotopic (exact) mass is 276 g/mol. The third-order valence-corrected chi connectivity index (χ3v) is 3.15. The SMILES string of the molecule is Cc1c(C2C(C(=O)O)=CNC=C2C(=O)O)ccc[n+]1[O-]. The zero-order chi connectivity index (χ0) is 14.9. The second-order valence-corrected chi connectivity index (χ2v) is 4.28. The highest BCUT2D eigenvalue weighted by molar-refractivity contribution is 5.97. The van der Waals surface area contributed by atoms with Gasteiger partial charge in [0.15, 0.2) is 11.9 Å². The second kappa shape index (κ2) is 5.04. The Morgan fingerprint density at radius 2 is 1.80 bits per heavy atom. The van der Waals surface area contributed by atoms with Gasteiger partial charge in [0.2, 0.25) is 0 Å². The number of hydrogen-bond donors (Lipinski definition) is 3. The number of carbonyl (C=O) groups is 2. The average molecular weight is 276 g/mol. The van der Waals surface area contributed by atoms with Gasteiger partial charge in [-0.1, -0.05) is 0 Å². The average Bonchev–Trinajstić information content (AvgIpc) is 2.41. The highest BCUT2D eigenvalue weighted by atomic mass is 16.5. The lowest BCUT2D eigenvalue weighted by Gasteiger charge is -2.23. The van der Waals surface area contributed by atoms with Gasteiger partial charge in [0.05, 0.1) is 17.1 Å². The number of nitrogens with zero attached hydrogens (tertiary/aromatic N) is 1. The molecule has 0 saturated heterocycles. The Labute approximate surface area is 114 Å². The molecular weight excluding hydrogens is 264 g/mol. The largest absolute Gasteiger partial charge is 0.619 e. The van der Waals surface area contributed by atoms with Crippen LogP contribution in [0.2, 0.25) is 0 Å². The van der Waals surface area contributed by atoms with Crippen LogP contribution in [0, 0.1) is 12.1 Å². The number of carboxylic acids is 2. The summed E-state index contributed by atoms with van der Waals surface area (Å²) in [4.78, 5) is 22.6. The van der Waals surface area contributed by atoms with Crippen LogP contribution in [0.1, 0.15) is 17.2 Å². The number of hydrogen-bond acceptors (Lipinski definition) is 4. The van der Waals surface area contributed by atoms with Gasteiger partial charge in [0.25, 0.3) is 0 Å². The van der Waals surface area contributed by atoms with Gasteiger partial charge in [-0.25, -0.2) is 9.59 Å². The normalized spacial score (nSPS) is 15.1. The van der Waals surface area contributed by atoms with Crippen LogP contribution in [-0.4, -0.2) is 22.2 Å². The fourth-order valence-electron chi connectivity index (χ4n) is 2.15. The van der Waals surface area contributed by atoms with E-state index in [4.69, 9.17) is 0 Å². The van der Waals surface area contributed by atoms with Crippen molar-refractivity contribution in [3.05, 3.63) is 58.3 Å². The first kappa shape index (κ1) is 13.6. The minimum atomic E-state index is -1.24. The standard InChI is InChI=1S/C13H12N2O5/c1-7-8(3-2-4-15(7)20)11-9(12(16)17)5-14-6-10(11)13(18)19/h2-6,11,14H,1H3,(H,16,17)(H,18,19). The van der Waals surface area contributed by atoms with Gasteiger partial charge < -0.3 is 20.7 Å². The number of carboxylic acid groups (broad SMARTS) is 2. The number of pyridine rings is 1. The van der Waals surface area contributed by atoms with Crippen LogP contribution in [0.25, 0.3) is 0 Å². The molecule has 0 atom stereocenters. The zero-order valence-electron chi connectivity index (χ0n) is 10.5. The van der Waals surface area contributed by atoms with Gasteiger partial charge in [-0.2, -0.15) is 4.73 Å². The van der Waals surface area contributed by atoms with Gasteiger partial charge in [-0.3, -0.25) is 0 Å². The minimum Gasteiger partial charge on any atom is -0.619 e. The molecule has 1 aromatic heterocycles. The molecule has 0 radical (unpaired) electrons. The Morgan fingerprint density at radius 3 is 2.30 bits per heavy atom. The van der Waals surface area contributed by atoms with Crippen LogP contribution in [0.4, 0.5) is 0 Å². The van der Waals surface area contributed by atoms with E-state index in [1.165, 1.54) is 31.6 Å². The topological polar surface area (TPSA) is 114 Å². The molecule has 0 aliphatic carbocycles. The van der Waals surface area contributed by atoms with E-state index in [9.17, 15) is 25.0 Å². The van der Waals surface area contributed by atoms with Crippen molar-refractivity contribution in [2.24, 2.45) is 0 Å². The summed E-state index contributed by atoms with van der Waals surface area (Å²) in [6.07, 6.45) is 3.72. The second-order valence-electron chi connectivity index (χ2n) is 4.28. The summed E-state index contributed by atoms with van der Waals surface area (Å²) in [7, 11) is 0. The molecule has 104 valence electrons. The van der Waals surface area contributed by atoms with E-state index < -0.39 is 17.9 Å². The molecule has 0 fully saturated rings. The Balaban J connectivity index is 2.62. The molecule has 1 aliphatic heterocycles. The van der Waals surface area contributed by atoms with Crippen LogP contribution >= 0.6 is 0 Å². The molecule has 1 aliphatic rings. The fraction of sp³-hybridized carbons (Fsp3) is 0.154. The molecule has 7 nitrogen and oxygen atoms in total. The zero-order valence-corrected chi connectivity index (χ0v) is 10.5. The maximum Gasteiger partial charge on any atom is 0.334 e. The number of nitrogens with one attached hydrogen (secondary N) is 1. The van der Waals surface area contributed by atoms with Crippen molar-refractivity contribution in [2.75, 3.05) is 0 Å². The lowest BCUT2D eigenvalue weighted by atomic mass is 9.83. The Morgan fingerprint density at radius 1 is 1.25 bits per heavy atom. The quantitative estimate of drug-likeness (QED) is 0.538. The summed E-state index contributed by atoms with van der Waals surface area (Å²) in [5, 5.41) is 32.5. The lowest BCUT2D eigenvalue weighted by molar-refractivity contribution is -0.612. The summed E-state index contributed by atoms with van der Waals surface area (Å²) < 4.78 is 0.580. The smallest absolute Gasteiger partial charge is 0.334 e. The van der Waals surface area contributed by atoms with E-state index in [-0.39, 0.29) is 16.8 Å². The van der Waals surface area contributed by atoms with Crippen molar-refractivity contribution in [1.82, 2.24) is 5.32 Å². The molecule has 0 saturated carbocycles. The van der Waals surface area contributed by atoms with Crippen molar-refractivity contribution in [1.29, 1.82) is 0 Å². The molecule has 20 heavy (non-hydrogen) atoms. The molecule has 2 rings (SSSR count). The van der Waals surface area contributed by atoms with Crippen molar-refractivity contribution in [2.45, 2.75) is 12.8 Å². The van der Waals surface area contributed by atoms with E-state index in [0.29, 0.717) is 10.3 Å². The first-order chi connectivity index (χ1) is 9.43. The van der Waals surface area contributed by atoms with E-state index >= 15 is 0 Å². The Kier molecular flexibility index (Phi) is 3.43. The molecule has 1 aromatic rings. The van der Waals surface area contributed by atoms with Crippen LogP contribution in [0.3, 0.4) is 0 Å². The van der Waals surface area contributed by atoms with Gasteiger partial charge in [-0.15, -0.1) is 0 Å². The van der Waals surface area contributed by atoms with Gasteiger partial charge in [-0.05, 0) is 6.07 Å². The van der Waals surface area contributed by atoms with Crippen molar-refractivity contribution >= 4 is 11.9 Å². The highest BCUT2D eigenvalue weighted by Gasteiger charge is 2.34. The summed E-state index contributed by atoms with van der Waals surface area (Å²) in [6.45, 7) is 1.52. The Bertz CT molecular complexity index is 618. The minimum absolute atomic E-state index is 0.126. The molecule has 0 aromatic carbocycles. The summed E-state index contributed by atoms with van der Waals surface area (Å²) in [5.41, 5.74) is 0.364. The van der Waals surface area contributed by atoms with Crippen molar-refractivity contribution in [3.8, 4) is 0 Å². The van der Waals surface area contributed by atoms with Crippen LogP contribution < -0.4 is 10.0 Å². The van der Waals surface area contributed by atoms with E-state index in [2.05, 4.69) is 5.32 Å². The summed E-state index contributed by atoms with van der Waals surface area (Å²) >= 11 is 0. The maximum atomic E-state index is 11.6. The fourth-order valence-corrected chi connectivity index (χ4v) is 2.15. The number of aliphatic carboxylic acids is 2. The van der Waals surface area contributed by atoms with E-state index in [1.54, 1.807) is 6.07 Å². The molecule has 2 heterocycles. The molecule has 3 N–H and O–H groups in total. The summed E-state index contributed by atoms with van der Waals surface area (Å²) in [6, 6.07) is 3.00. The highest BCUT2D eigenvalue weighted by Crippen LogP contribution is 2.34. The molecule has 0 spiro atoms. The van der Waals surface area contributed by atoms with Crippen LogP contribution in [-0.2, 0) is 9.59 Å². The number of rotatable bonds is 3. The molecule has 0 amide bonds. The predicted molar refractivity (Wildman–Crippen MR) is 67.5 cm³/mol. The summed E-state index contributed by atoms with van der Waals surface area (Å²) in [5.74, 6) is -3.47. The third-order valence-electron chi connectivity index (χ3n) is 3.15. The first-order valence-electron chi connectivity index (χ1n) is 5.75. The van der Waals surface area contributed by atoms with Gasteiger partial charge >= 0.3 is 11.9 Å². The third kappa shape index (κ3) is 2.20. The first-order valence-corrected chi connectivity index (χ1v) is 5.75. The van der Waals surface area contributed by atoms with Crippen molar-refractivity contribution < 1.29 is 24.5 Å². The van der Waals surface area contributed by atoms with Crippen molar-refractivity contribution in [3.63, 3.8) is 0 Å². The molecule has 0 unspecified atom stereocenters. The molecular formula is C13H12N2O5. The lowest BCUT2D eigenvalue weighted by Crippen LogP contribution is -2.33. The maximum absolute atomic E-state index is 11.6. The Hall–Kier alpha value is -2.83. The predicted octanol–water partition coefficient (Wildman–Crippen LogP) is 0.252. The number of aromatic nitrogens is 1. The molecule has 7 heteroatoms. The molecule has 0 bridgehead atoms. The van der Waals surface area contributed by atoms with Crippen LogP contribution in [0.15, 0.2) is 41.9 Å². The van der Waals surface area contributed by atoms with Crippen LogP contribution in [0.5, 0.6) is 0 Å². The van der Waals surface area contributed by atoms with Gasteiger partial charge in [0.1, 0.15) is 0 Å². The van der Waals surface area contributed by atoms with E-state index in [0.717, 1.165) is 0 Å². The van der Waals surface area contributed by atoms with Gasteiger partial charge in [0, 0.05) is 31.0 Å². The number of dihydropyridines is 1.